The van der Waals surface area contributed by atoms with E-state index in [4.69, 9.17) is 0 Å². The Balaban J connectivity index is 0.00000133. The summed E-state index contributed by atoms with van der Waals surface area (Å²) in [5.41, 5.74) is 2.27. The van der Waals surface area contributed by atoms with E-state index in [2.05, 4.69) is 16.8 Å². The van der Waals surface area contributed by atoms with Crippen LogP contribution in [-0.4, -0.2) is 11.1 Å². The van der Waals surface area contributed by atoms with E-state index in [0.717, 1.165) is 24.8 Å². The molecule has 0 saturated carbocycles. The van der Waals surface area contributed by atoms with Gasteiger partial charge in [0, 0.05) is 16.6 Å². The minimum Gasteiger partial charge on any atom is -0.388 e. The predicted molar refractivity (Wildman–Crippen MR) is 83.3 cm³/mol. The van der Waals surface area contributed by atoms with Crippen LogP contribution in [0, 0.1) is 0 Å². The third-order valence-electron chi connectivity index (χ3n) is 3.52. The molecule has 0 fully saturated rings. The van der Waals surface area contributed by atoms with Crippen molar-refractivity contribution >= 4 is 29.4 Å². The molecule has 0 bridgehead atoms. The molecule has 0 aliphatic carbocycles. The van der Waals surface area contributed by atoms with Crippen molar-refractivity contribution in [3.8, 4) is 0 Å². The second kappa shape index (κ2) is 6.42. The Hall–Kier alpha value is -1.03. The summed E-state index contributed by atoms with van der Waals surface area (Å²) < 4.78 is 0. The quantitative estimate of drug-likeness (QED) is 0.896. The third-order valence-corrected chi connectivity index (χ3v) is 4.50. The maximum absolute atomic E-state index is 10.2. The van der Waals surface area contributed by atoms with Gasteiger partial charge in [0.2, 0.25) is 0 Å². The van der Waals surface area contributed by atoms with Crippen LogP contribution >= 0.6 is 23.7 Å². The fourth-order valence-corrected chi connectivity index (χ4v) is 3.38. The fourth-order valence-electron chi connectivity index (χ4n) is 2.52. The van der Waals surface area contributed by atoms with Crippen LogP contribution in [0.1, 0.15) is 29.4 Å². The number of thiophene rings is 1. The predicted octanol–water partition coefficient (Wildman–Crippen LogP) is 4.02. The van der Waals surface area contributed by atoms with Crippen molar-refractivity contribution in [2.24, 2.45) is 0 Å². The van der Waals surface area contributed by atoms with Crippen LogP contribution in [0.2, 0.25) is 0 Å². The normalized spacial score (nSPS) is 18.9. The summed E-state index contributed by atoms with van der Waals surface area (Å²) in [5.74, 6) is 0. The summed E-state index contributed by atoms with van der Waals surface area (Å²) in [6.45, 7) is 0. The molecule has 1 aromatic carbocycles. The first-order chi connectivity index (χ1) is 8.83. The van der Waals surface area contributed by atoms with E-state index in [9.17, 15) is 5.11 Å². The van der Waals surface area contributed by atoms with Gasteiger partial charge in [-0.1, -0.05) is 30.3 Å². The average molecular weight is 296 g/mol. The highest BCUT2D eigenvalue weighted by molar-refractivity contribution is 7.10. The third kappa shape index (κ3) is 3.30. The lowest BCUT2D eigenvalue weighted by Crippen LogP contribution is -2.26. The average Bonchev–Trinajstić information content (AvgIpc) is 2.87. The lowest BCUT2D eigenvalue weighted by molar-refractivity contribution is 0.159. The van der Waals surface area contributed by atoms with Crippen LogP contribution < -0.4 is 5.32 Å². The number of aryl methyl sites for hydroxylation is 1. The minimum absolute atomic E-state index is 0. The molecule has 19 heavy (non-hydrogen) atoms. The van der Waals surface area contributed by atoms with Crippen molar-refractivity contribution in [1.82, 2.24) is 0 Å². The number of aliphatic hydroxyl groups excluding tert-OH is 1. The van der Waals surface area contributed by atoms with Gasteiger partial charge in [0.15, 0.2) is 0 Å². The van der Waals surface area contributed by atoms with E-state index >= 15 is 0 Å². The molecule has 1 aliphatic heterocycles. The van der Waals surface area contributed by atoms with Crippen LogP contribution in [0.15, 0.2) is 41.8 Å². The van der Waals surface area contributed by atoms with Crippen LogP contribution in [0.5, 0.6) is 0 Å². The number of benzene rings is 1. The topological polar surface area (TPSA) is 32.3 Å². The van der Waals surface area contributed by atoms with Crippen LogP contribution in [0.25, 0.3) is 0 Å². The summed E-state index contributed by atoms with van der Waals surface area (Å²) in [6.07, 6.45) is 2.65. The standard InChI is InChI=1S/C15H17NOS.ClH/c17-14(11-4-2-1-3-5-11)10-12-6-7-15-13(16-12)8-9-18-15;/h1-5,8-9,12,14,16-17H,6-7,10H2;1H. The Morgan fingerprint density at radius 1 is 1.26 bits per heavy atom. The zero-order chi connectivity index (χ0) is 12.4. The zero-order valence-corrected chi connectivity index (χ0v) is 12.2. The number of fused-ring (bicyclic) bond motifs is 1. The van der Waals surface area contributed by atoms with E-state index in [1.54, 1.807) is 0 Å². The van der Waals surface area contributed by atoms with Gasteiger partial charge in [0.25, 0.3) is 0 Å². The molecule has 2 atom stereocenters. The minimum atomic E-state index is -0.371. The second-order valence-electron chi connectivity index (χ2n) is 4.80. The first-order valence-electron chi connectivity index (χ1n) is 6.39. The van der Waals surface area contributed by atoms with E-state index in [-0.39, 0.29) is 18.5 Å². The van der Waals surface area contributed by atoms with Gasteiger partial charge >= 0.3 is 0 Å². The molecular weight excluding hydrogens is 278 g/mol. The molecule has 2 unspecified atom stereocenters. The summed E-state index contributed by atoms with van der Waals surface area (Å²) in [4.78, 5) is 1.44. The van der Waals surface area contributed by atoms with Crippen LogP contribution in [0.4, 0.5) is 5.69 Å². The highest BCUT2D eigenvalue weighted by Gasteiger charge is 2.21. The number of hydrogen-bond acceptors (Lipinski definition) is 3. The molecule has 0 radical (unpaired) electrons. The van der Waals surface area contributed by atoms with Gasteiger partial charge in [-0.25, -0.2) is 0 Å². The molecular formula is C15H18ClNOS. The van der Waals surface area contributed by atoms with Crippen molar-refractivity contribution in [3.63, 3.8) is 0 Å². The SMILES string of the molecule is Cl.OC(CC1CCc2sccc2N1)c1ccccc1. The lowest BCUT2D eigenvalue weighted by Gasteiger charge is -2.26. The molecule has 4 heteroatoms. The largest absolute Gasteiger partial charge is 0.388 e. The van der Waals surface area contributed by atoms with Crippen molar-refractivity contribution in [1.29, 1.82) is 0 Å². The van der Waals surface area contributed by atoms with Crippen LogP contribution in [0.3, 0.4) is 0 Å². The summed E-state index contributed by atoms with van der Waals surface area (Å²) in [6, 6.07) is 12.4. The number of hydrogen-bond donors (Lipinski definition) is 2. The van der Waals surface area contributed by atoms with Gasteiger partial charge in [-0.3, -0.25) is 0 Å². The Morgan fingerprint density at radius 2 is 2.05 bits per heavy atom. The van der Waals surface area contributed by atoms with Crippen molar-refractivity contribution in [2.75, 3.05) is 5.32 Å². The molecule has 1 aromatic heterocycles. The van der Waals surface area contributed by atoms with E-state index in [1.165, 1.54) is 10.6 Å². The number of nitrogens with one attached hydrogen (secondary N) is 1. The maximum Gasteiger partial charge on any atom is 0.0809 e. The molecule has 0 amide bonds. The molecule has 0 spiro atoms. The Morgan fingerprint density at radius 3 is 2.84 bits per heavy atom. The summed E-state index contributed by atoms with van der Waals surface area (Å²) in [5, 5.41) is 15.9. The van der Waals surface area contributed by atoms with Gasteiger partial charge in [-0.2, -0.15) is 0 Å². The Kier molecular flexibility index (Phi) is 4.86. The monoisotopic (exact) mass is 295 g/mol. The summed E-state index contributed by atoms with van der Waals surface area (Å²) >= 11 is 1.82. The van der Waals surface area contributed by atoms with Gasteiger partial charge in [-0.05, 0) is 36.3 Å². The fraction of sp³-hybridized carbons (Fsp3) is 0.333. The highest BCUT2D eigenvalue weighted by Crippen LogP contribution is 2.32. The summed E-state index contributed by atoms with van der Waals surface area (Å²) in [7, 11) is 0. The van der Waals surface area contributed by atoms with Gasteiger partial charge in [0.05, 0.1) is 6.10 Å². The molecule has 2 N–H and O–H groups in total. The van der Waals surface area contributed by atoms with Gasteiger partial charge in [-0.15, -0.1) is 23.7 Å². The highest BCUT2D eigenvalue weighted by atomic mass is 35.5. The molecule has 1 aliphatic rings. The van der Waals surface area contributed by atoms with Gasteiger partial charge < -0.3 is 10.4 Å². The van der Waals surface area contributed by atoms with Crippen molar-refractivity contribution < 1.29 is 5.11 Å². The first kappa shape index (κ1) is 14.4. The Labute approximate surface area is 123 Å². The molecule has 3 rings (SSSR count). The molecule has 2 heterocycles. The van der Waals surface area contributed by atoms with E-state index < -0.39 is 0 Å². The molecule has 0 saturated heterocycles. The number of anilines is 1. The molecule has 2 aromatic rings. The van der Waals surface area contributed by atoms with E-state index in [1.807, 2.05) is 41.7 Å². The van der Waals surface area contributed by atoms with Gasteiger partial charge in [0.1, 0.15) is 0 Å². The van der Waals surface area contributed by atoms with Crippen molar-refractivity contribution in [3.05, 3.63) is 52.2 Å². The lowest BCUT2D eigenvalue weighted by atomic mass is 9.96. The number of rotatable bonds is 3. The zero-order valence-electron chi connectivity index (χ0n) is 10.6. The van der Waals surface area contributed by atoms with Crippen molar-refractivity contribution in [2.45, 2.75) is 31.4 Å². The number of halogens is 1. The second-order valence-corrected chi connectivity index (χ2v) is 5.80. The first-order valence-corrected chi connectivity index (χ1v) is 7.27. The Bertz CT molecular complexity index is 514. The smallest absolute Gasteiger partial charge is 0.0809 e. The van der Waals surface area contributed by atoms with Crippen LogP contribution in [-0.2, 0) is 6.42 Å². The number of aliphatic hydroxyl groups is 1. The molecule has 102 valence electrons. The molecule has 2 nitrogen and oxygen atoms in total. The maximum atomic E-state index is 10.2. The van der Waals surface area contributed by atoms with E-state index in [0.29, 0.717) is 6.04 Å².